The van der Waals surface area contributed by atoms with E-state index in [-0.39, 0.29) is 23.8 Å². The molecule has 0 radical (unpaired) electrons. The SMILES string of the molecule is CCCCOC(=O)OCOC(=O)c1cccc2c1OB(O)[C@@H](NC(=O)CCC)C2. The lowest BCUT2D eigenvalue weighted by Crippen LogP contribution is -2.53. The van der Waals surface area contributed by atoms with Gasteiger partial charge in [0.05, 0.1) is 12.5 Å². The van der Waals surface area contributed by atoms with Crippen molar-refractivity contribution in [1.29, 1.82) is 0 Å². The van der Waals surface area contributed by atoms with Crippen molar-refractivity contribution in [3.05, 3.63) is 29.3 Å². The molecule has 0 bridgehead atoms. The molecule has 2 rings (SSSR count). The Balaban J connectivity index is 1.94. The molecule has 0 saturated heterocycles. The lowest BCUT2D eigenvalue weighted by molar-refractivity contribution is -0.121. The molecule has 0 unspecified atom stereocenters. The van der Waals surface area contributed by atoms with Crippen LogP contribution in [0.15, 0.2) is 18.2 Å². The molecule has 9 nitrogen and oxygen atoms in total. The largest absolute Gasteiger partial charge is 0.547 e. The number of amides is 1. The second kappa shape index (κ2) is 11.3. The Labute approximate surface area is 169 Å². The zero-order valence-electron chi connectivity index (χ0n) is 16.6. The van der Waals surface area contributed by atoms with E-state index in [9.17, 15) is 19.4 Å². The van der Waals surface area contributed by atoms with Crippen LogP contribution >= 0.6 is 0 Å². The molecule has 1 aliphatic heterocycles. The molecule has 1 atom stereocenters. The number of carbonyl (C=O) groups is 3. The lowest BCUT2D eigenvalue weighted by Gasteiger charge is -2.29. The predicted octanol–water partition coefficient (Wildman–Crippen LogP) is 1.99. The van der Waals surface area contributed by atoms with Crippen LogP contribution in [0.3, 0.4) is 0 Å². The zero-order chi connectivity index (χ0) is 21.2. The first kappa shape index (κ1) is 22.5. The second-order valence-corrected chi connectivity index (χ2v) is 6.58. The van der Waals surface area contributed by atoms with Crippen LogP contribution in [0.1, 0.15) is 55.5 Å². The smallest absolute Gasteiger partial charge is 0.534 e. The summed E-state index contributed by atoms with van der Waals surface area (Å²) in [5.74, 6) is -1.39. The first-order chi connectivity index (χ1) is 14.0. The number of hydrogen-bond donors (Lipinski definition) is 2. The maximum atomic E-state index is 12.3. The Morgan fingerprint density at radius 1 is 1.21 bits per heavy atom. The Morgan fingerprint density at radius 3 is 2.72 bits per heavy atom. The van der Waals surface area contributed by atoms with Gasteiger partial charge in [-0.05, 0) is 30.9 Å². The minimum atomic E-state index is -1.30. The normalized spacial score (nSPS) is 15.0. The summed E-state index contributed by atoms with van der Waals surface area (Å²) in [7, 11) is -1.30. The molecule has 29 heavy (non-hydrogen) atoms. The molecule has 158 valence electrons. The zero-order valence-corrected chi connectivity index (χ0v) is 16.6. The van der Waals surface area contributed by atoms with Crippen molar-refractivity contribution in [3.8, 4) is 5.75 Å². The number of hydrogen-bond acceptors (Lipinski definition) is 8. The predicted molar refractivity (Wildman–Crippen MR) is 103 cm³/mol. The molecule has 1 amide bonds. The highest BCUT2D eigenvalue weighted by molar-refractivity contribution is 6.47. The maximum absolute atomic E-state index is 12.3. The molecule has 10 heteroatoms. The van der Waals surface area contributed by atoms with E-state index in [0.29, 0.717) is 31.2 Å². The number of carbonyl (C=O) groups excluding carboxylic acids is 3. The number of rotatable bonds is 9. The third kappa shape index (κ3) is 6.67. The van der Waals surface area contributed by atoms with Gasteiger partial charge in [-0.2, -0.15) is 0 Å². The highest BCUT2D eigenvalue weighted by Gasteiger charge is 2.37. The van der Waals surface area contributed by atoms with Gasteiger partial charge in [0.25, 0.3) is 0 Å². The van der Waals surface area contributed by atoms with Crippen molar-refractivity contribution in [2.24, 2.45) is 0 Å². The van der Waals surface area contributed by atoms with Crippen molar-refractivity contribution in [3.63, 3.8) is 0 Å². The van der Waals surface area contributed by atoms with E-state index in [1.165, 1.54) is 6.07 Å². The minimum absolute atomic E-state index is 0.0860. The molecule has 0 fully saturated rings. The summed E-state index contributed by atoms with van der Waals surface area (Å²) in [6, 6.07) is 4.85. The van der Waals surface area contributed by atoms with Crippen LogP contribution in [-0.4, -0.2) is 49.5 Å². The number of nitrogens with one attached hydrogen (secondary N) is 1. The van der Waals surface area contributed by atoms with Gasteiger partial charge in [0.1, 0.15) is 11.3 Å². The standard InChI is InChI=1S/C19H26BNO8/c1-3-5-10-26-19(24)28-12-27-18(23)14-9-6-8-13-11-15(20(25)29-17(13)14)21-16(22)7-4-2/h6,8-9,15,25H,3-5,7,10-12H2,1-2H3,(H,21,22)/t15-/m0/s1. The highest BCUT2D eigenvalue weighted by Crippen LogP contribution is 2.30. The quantitative estimate of drug-likeness (QED) is 0.276. The number of esters is 1. The fourth-order valence-electron chi connectivity index (χ4n) is 2.76. The molecule has 0 aromatic heterocycles. The molecule has 0 saturated carbocycles. The van der Waals surface area contributed by atoms with Crippen LogP contribution in [0, 0.1) is 0 Å². The van der Waals surface area contributed by atoms with E-state index in [1.54, 1.807) is 12.1 Å². The van der Waals surface area contributed by atoms with Gasteiger partial charge in [-0.1, -0.05) is 32.4 Å². The van der Waals surface area contributed by atoms with Gasteiger partial charge in [0.15, 0.2) is 0 Å². The summed E-state index contributed by atoms with van der Waals surface area (Å²) >= 11 is 0. The van der Waals surface area contributed by atoms with Crippen LogP contribution in [0.5, 0.6) is 5.75 Å². The third-order valence-electron chi connectivity index (χ3n) is 4.25. The van der Waals surface area contributed by atoms with E-state index in [1.807, 2.05) is 13.8 Å². The van der Waals surface area contributed by atoms with Gasteiger partial charge < -0.3 is 29.2 Å². The number of para-hydroxylation sites is 1. The van der Waals surface area contributed by atoms with Crippen molar-refractivity contribution >= 4 is 25.2 Å². The summed E-state index contributed by atoms with van der Waals surface area (Å²) in [5, 5.41) is 12.9. The molecule has 1 heterocycles. The van der Waals surface area contributed by atoms with E-state index < -0.39 is 32.0 Å². The number of benzene rings is 1. The minimum Gasteiger partial charge on any atom is -0.534 e. The van der Waals surface area contributed by atoms with Gasteiger partial charge in [-0.25, -0.2) is 9.59 Å². The van der Waals surface area contributed by atoms with Gasteiger partial charge in [0.2, 0.25) is 12.7 Å². The Bertz CT molecular complexity index is 726. The van der Waals surface area contributed by atoms with Crippen molar-refractivity contribution in [2.45, 2.75) is 51.9 Å². The summed E-state index contributed by atoms with van der Waals surface area (Å²) in [6.07, 6.45) is 2.01. The summed E-state index contributed by atoms with van der Waals surface area (Å²) < 4.78 is 19.9. The average Bonchev–Trinajstić information content (AvgIpc) is 2.68. The van der Waals surface area contributed by atoms with Crippen LogP contribution < -0.4 is 9.97 Å². The monoisotopic (exact) mass is 407 g/mol. The molecule has 0 aliphatic carbocycles. The topological polar surface area (TPSA) is 120 Å². The molecule has 1 aliphatic rings. The highest BCUT2D eigenvalue weighted by atomic mass is 16.8. The van der Waals surface area contributed by atoms with Crippen LogP contribution in [-0.2, 0) is 25.4 Å². The summed E-state index contributed by atoms with van der Waals surface area (Å²) in [5.41, 5.74) is 0.731. The summed E-state index contributed by atoms with van der Waals surface area (Å²) in [6.45, 7) is 3.47. The van der Waals surface area contributed by atoms with Crippen molar-refractivity contribution in [1.82, 2.24) is 5.32 Å². The molecule has 2 N–H and O–H groups in total. The first-order valence-corrected chi connectivity index (χ1v) is 9.68. The molecular weight excluding hydrogens is 381 g/mol. The van der Waals surface area contributed by atoms with E-state index >= 15 is 0 Å². The van der Waals surface area contributed by atoms with Gasteiger partial charge in [0, 0.05) is 6.42 Å². The third-order valence-corrected chi connectivity index (χ3v) is 4.25. The van der Waals surface area contributed by atoms with Crippen molar-refractivity contribution in [2.75, 3.05) is 13.4 Å². The average molecular weight is 407 g/mol. The molecular formula is C19H26BNO8. The van der Waals surface area contributed by atoms with Gasteiger partial charge in [-0.15, -0.1) is 0 Å². The molecule has 1 aromatic carbocycles. The number of fused-ring (bicyclic) bond motifs is 1. The first-order valence-electron chi connectivity index (χ1n) is 9.68. The Morgan fingerprint density at radius 2 is 2.00 bits per heavy atom. The maximum Gasteiger partial charge on any atom is 0.547 e. The number of unbranched alkanes of at least 4 members (excludes halogenated alkanes) is 1. The van der Waals surface area contributed by atoms with E-state index in [0.717, 1.165) is 6.42 Å². The molecule has 1 aromatic rings. The van der Waals surface area contributed by atoms with Gasteiger partial charge >= 0.3 is 19.2 Å². The van der Waals surface area contributed by atoms with Crippen molar-refractivity contribution < 1.29 is 38.3 Å². The van der Waals surface area contributed by atoms with Crippen LogP contribution in [0.25, 0.3) is 0 Å². The van der Waals surface area contributed by atoms with Crippen LogP contribution in [0.4, 0.5) is 4.79 Å². The number of ether oxygens (including phenoxy) is 3. The Hall–Kier alpha value is -2.75. The van der Waals surface area contributed by atoms with E-state index in [4.69, 9.17) is 14.1 Å². The van der Waals surface area contributed by atoms with Crippen LogP contribution in [0.2, 0.25) is 0 Å². The second-order valence-electron chi connectivity index (χ2n) is 6.58. The fourth-order valence-corrected chi connectivity index (χ4v) is 2.76. The Kier molecular flexibility index (Phi) is 8.79. The lowest BCUT2D eigenvalue weighted by atomic mass is 9.72. The molecule has 0 spiro atoms. The fraction of sp³-hybridized carbons (Fsp3) is 0.526. The summed E-state index contributed by atoms with van der Waals surface area (Å²) in [4.78, 5) is 35.5. The van der Waals surface area contributed by atoms with Gasteiger partial charge in [-0.3, -0.25) is 4.79 Å². The van der Waals surface area contributed by atoms with E-state index in [2.05, 4.69) is 10.1 Å².